The van der Waals surface area contributed by atoms with Crippen molar-refractivity contribution in [2.24, 2.45) is 0 Å². The van der Waals surface area contributed by atoms with Gasteiger partial charge in [0.15, 0.2) is 0 Å². The zero-order valence-corrected chi connectivity index (χ0v) is 15.4. The van der Waals surface area contributed by atoms with E-state index in [1.54, 1.807) is 18.1 Å². The topological polar surface area (TPSA) is 102 Å². The molecule has 8 heteroatoms. The fraction of sp³-hybridized carbons (Fsp3) is 0.421. The van der Waals surface area contributed by atoms with Gasteiger partial charge in [0.25, 0.3) is 0 Å². The van der Waals surface area contributed by atoms with Crippen LogP contribution in [0.1, 0.15) is 25.1 Å². The summed E-state index contributed by atoms with van der Waals surface area (Å²) in [5, 5.41) is 10.8. The van der Waals surface area contributed by atoms with Gasteiger partial charge in [-0.05, 0) is 25.8 Å². The first-order valence-electron chi connectivity index (χ1n) is 9.06. The molecule has 4 heterocycles. The van der Waals surface area contributed by atoms with Crippen molar-refractivity contribution in [2.45, 2.75) is 32.2 Å². The third kappa shape index (κ3) is 3.05. The molecule has 27 heavy (non-hydrogen) atoms. The number of carbonyl (C=O) groups is 1. The Morgan fingerprint density at radius 3 is 3.15 bits per heavy atom. The van der Waals surface area contributed by atoms with E-state index in [4.69, 9.17) is 10.2 Å². The molecule has 138 valence electrons. The van der Waals surface area contributed by atoms with E-state index in [1.807, 2.05) is 25.3 Å². The van der Waals surface area contributed by atoms with Crippen molar-refractivity contribution in [3.8, 4) is 6.07 Å². The second-order valence-electron chi connectivity index (χ2n) is 6.93. The Bertz CT molecular complexity index is 1050. The molecule has 1 saturated heterocycles. The van der Waals surface area contributed by atoms with Crippen LogP contribution >= 0.6 is 0 Å². The van der Waals surface area contributed by atoms with Crippen LogP contribution < -0.4 is 4.90 Å². The predicted molar refractivity (Wildman–Crippen MR) is 102 cm³/mol. The van der Waals surface area contributed by atoms with Crippen molar-refractivity contribution in [3.63, 3.8) is 0 Å². The number of H-pyrrole nitrogens is 1. The highest BCUT2D eigenvalue weighted by atomic mass is 16.2. The summed E-state index contributed by atoms with van der Waals surface area (Å²) < 4.78 is 0. The Hall–Kier alpha value is -3.21. The van der Waals surface area contributed by atoms with E-state index in [9.17, 15) is 4.79 Å². The fourth-order valence-corrected chi connectivity index (χ4v) is 3.81. The number of nitrogens with zero attached hydrogens (tertiary/aromatic N) is 6. The molecular weight excluding hydrogens is 342 g/mol. The molecule has 1 N–H and O–H groups in total. The average Bonchev–Trinajstić information content (AvgIpc) is 3.15. The summed E-state index contributed by atoms with van der Waals surface area (Å²) >= 11 is 0. The molecule has 0 saturated carbocycles. The SMILES string of the molecule is Cc1nc(N2CCCC(N(C)C(=O)CC#N)C2)c2c(cnc3[nH]ccc32)n1. The van der Waals surface area contributed by atoms with Gasteiger partial charge in [-0.15, -0.1) is 0 Å². The fourth-order valence-electron chi connectivity index (χ4n) is 3.81. The van der Waals surface area contributed by atoms with Gasteiger partial charge >= 0.3 is 0 Å². The Labute approximate surface area is 156 Å². The van der Waals surface area contributed by atoms with Crippen LogP contribution in [0.4, 0.5) is 5.82 Å². The number of nitriles is 1. The summed E-state index contributed by atoms with van der Waals surface area (Å²) in [5.41, 5.74) is 1.63. The quantitative estimate of drug-likeness (QED) is 0.765. The second-order valence-corrected chi connectivity index (χ2v) is 6.93. The Morgan fingerprint density at radius 1 is 1.48 bits per heavy atom. The van der Waals surface area contributed by atoms with Crippen molar-refractivity contribution < 1.29 is 4.79 Å². The van der Waals surface area contributed by atoms with E-state index in [2.05, 4.69) is 19.9 Å². The number of rotatable bonds is 3. The van der Waals surface area contributed by atoms with Crippen molar-refractivity contribution >= 4 is 33.7 Å². The Kier molecular flexibility index (Phi) is 4.36. The summed E-state index contributed by atoms with van der Waals surface area (Å²) in [7, 11) is 1.78. The van der Waals surface area contributed by atoms with Gasteiger partial charge in [-0.3, -0.25) is 4.79 Å². The Morgan fingerprint density at radius 2 is 2.33 bits per heavy atom. The summed E-state index contributed by atoms with van der Waals surface area (Å²) in [4.78, 5) is 33.0. The Balaban J connectivity index is 1.74. The van der Waals surface area contributed by atoms with Crippen LogP contribution in [0.15, 0.2) is 18.5 Å². The van der Waals surface area contributed by atoms with Crippen LogP contribution in [0.5, 0.6) is 0 Å². The number of carbonyl (C=O) groups excluding carboxylic acids is 1. The molecule has 1 aliphatic rings. The largest absolute Gasteiger partial charge is 0.354 e. The number of anilines is 1. The summed E-state index contributed by atoms with van der Waals surface area (Å²) in [6.45, 7) is 3.44. The van der Waals surface area contributed by atoms with Gasteiger partial charge in [0.1, 0.15) is 23.7 Å². The van der Waals surface area contributed by atoms with E-state index in [0.717, 1.165) is 47.1 Å². The van der Waals surface area contributed by atoms with E-state index >= 15 is 0 Å². The van der Waals surface area contributed by atoms with Crippen LogP contribution in [0.2, 0.25) is 0 Å². The molecule has 1 atom stereocenters. The molecule has 1 unspecified atom stereocenters. The monoisotopic (exact) mass is 363 g/mol. The van der Waals surface area contributed by atoms with Crippen molar-refractivity contribution in [2.75, 3.05) is 25.0 Å². The minimum Gasteiger partial charge on any atom is -0.354 e. The average molecular weight is 363 g/mol. The number of aromatic nitrogens is 4. The maximum atomic E-state index is 12.1. The van der Waals surface area contributed by atoms with Gasteiger partial charge in [-0.25, -0.2) is 15.0 Å². The van der Waals surface area contributed by atoms with Crippen molar-refractivity contribution in [1.82, 2.24) is 24.8 Å². The summed E-state index contributed by atoms with van der Waals surface area (Å²) in [6, 6.07) is 4.00. The summed E-state index contributed by atoms with van der Waals surface area (Å²) in [6.07, 6.45) is 5.44. The zero-order valence-electron chi connectivity index (χ0n) is 15.4. The molecule has 0 aromatic carbocycles. The number of hydrogen-bond acceptors (Lipinski definition) is 6. The molecule has 0 bridgehead atoms. The van der Waals surface area contributed by atoms with Gasteiger partial charge in [-0.2, -0.15) is 5.26 Å². The minimum atomic E-state index is -0.134. The number of fused-ring (bicyclic) bond motifs is 3. The van der Waals surface area contributed by atoms with E-state index in [1.165, 1.54) is 0 Å². The number of piperidine rings is 1. The number of aromatic amines is 1. The van der Waals surface area contributed by atoms with Crippen LogP contribution in [0, 0.1) is 18.3 Å². The molecule has 0 radical (unpaired) electrons. The lowest BCUT2D eigenvalue weighted by Crippen LogP contribution is -2.48. The molecular formula is C19H21N7O. The van der Waals surface area contributed by atoms with Crippen LogP contribution in [0.25, 0.3) is 21.9 Å². The first kappa shape index (κ1) is 17.2. The predicted octanol–water partition coefficient (Wildman–Crippen LogP) is 2.16. The number of aryl methyl sites for hydroxylation is 1. The lowest BCUT2D eigenvalue weighted by molar-refractivity contribution is -0.131. The molecule has 0 spiro atoms. The minimum absolute atomic E-state index is 0.0634. The molecule has 4 rings (SSSR count). The standard InChI is InChI=1S/C19H21N7O/c1-12-23-15-10-22-18-14(6-8-21-18)17(15)19(24-12)26-9-3-4-13(11-26)25(2)16(27)5-7-20/h6,8,10,13H,3-5,9,11H2,1-2H3,(H,21,22). The highest BCUT2D eigenvalue weighted by Gasteiger charge is 2.28. The lowest BCUT2D eigenvalue weighted by Gasteiger charge is -2.38. The zero-order chi connectivity index (χ0) is 19.0. The van der Waals surface area contributed by atoms with Gasteiger partial charge in [0.05, 0.1) is 23.2 Å². The van der Waals surface area contributed by atoms with E-state index in [-0.39, 0.29) is 18.4 Å². The first-order chi connectivity index (χ1) is 13.1. The molecule has 0 aliphatic carbocycles. The normalized spacial score (nSPS) is 17.2. The molecule has 3 aromatic rings. The maximum absolute atomic E-state index is 12.1. The number of nitrogens with one attached hydrogen (secondary N) is 1. The molecule has 3 aromatic heterocycles. The van der Waals surface area contributed by atoms with Gasteiger partial charge in [-0.1, -0.05) is 0 Å². The molecule has 8 nitrogen and oxygen atoms in total. The maximum Gasteiger partial charge on any atom is 0.236 e. The van der Waals surface area contributed by atoms with Crippen molar-refractivity contribution in [1.29, 1.82) is 5.26 Å². The molecule has 1 amide bonds. The van der Waals surface area contributed by atoms with Gasteiger partial charge < -0.3 is 14.8 Å². The third-order valence-electron chi connectivity index (χ3n) is 5.21. The van der Waals surface area contributed by atoms with Gasteiger partial charge in [0, 0.05) is 37.8 Å². The smallest absolute Gasteiger partial charge is 0.236 e. The highest BCUT2D eigenvalue weighted by Crippen LogP contribution is 2.32. The number of pyridine rings is 1. The van der Waals surface area contributed by atoms with E-state index in [0.29, 0.717) is 12.4 Å². The first-order valence-corrected chi connectivity index (χ1v) is 9.06. The third-order valence-corrected chi connectivity index (χ3v) is 5.21. The highest BCUT2D eigenvalue weighted by molar-refractivity contribution is 6.09. The summed E-state index contributed by atoms with van der Waals surface area (Å²) in [5.74, 6) is 1.45. The van der Waals surface area contributed by atoms with Crippen LogP contribution in [-0.4, -0.2) is 56.9 Å². The molecule has 1 fully saturated rings. The van der Waals surface area contributed by atoms with E-state index < -0.39 is 0 Å². The van der Waals surface area contributed by atoms with Crippen molar-refractivity contribution in [3.05, 3.63) is 24.3 Å². The molecule has 1 aliphatic heterocycles. The number of likely N-dealkylation sites (N-methyl/N-ethyl adjacent to an activating group) is 1. The number of amides is 1. The van der Waals surface area contributed by atoms with Crippen LogP contribution in [0.3, 0.4) is 0 Å². The second kappa shape index (κ2) is 6.83. The number of hydrogen-bond donors (Lipinski definition) is 1. The van der Waals surface area contributed by atoms with Crippen LogP contribution in [-0.2, 0) is 4.79 Å². The lowest BCUT2D eigenvalue weighted by atomic mass is 10.0. The van der Waals surface area contributed by atoms with Gasteiger partial charge in [0.2, 0.25) is 5.91 Å².